The lowest BCUT2D eigenvalue weighted by Crippen LogP contribution is -2.11. The summed E-state index contributed by atoms with van der Waals surface area (Å²) in [6, 6.07) is 11.1. The molecule has 0 radical (unpaired) electrons. The number of halogens is 2. The molecule has 0 aromatic heterocycles. The van der Waals surface area contributed by atoms with Crippen LogP contribution in [0.15, 0.2) is 46.9 Å². The van der Waals surface area contributed by atoms with Crippen LogP contribution in [0.1, 0.15) is 5.56 Å². The van der Waals surface area contributed by atoms with E-state index in [4.69, 9.17) is 15.9 Å². The van der Waals surface area contributed by atoms with Gasteiger partial charge >= 0.3 is 0 Å². The molecule has 18 heavy (non-hydrogen) atoms. The molecule has 0 bridgehead atoms. The number of nitrogens with two attached hydrogens (primary N) is 1. The number of hydrogen-bond acceptors (Lipinski definition) is 2. The number of nitrogens with one attached hydrogen (secondary N) is 1. The van der Waals surface area contributed by atoms with E-state index < -0.39 is 5.82 Å². The molecule has 0 heterocycles. The van der Waals surface area contributed by atoms with Gasteiger partial charge < -0.3 is 10.5 Å². The standard InChI is InChI=1S/C13H10BrFN2O/c14-10-7-8(5-6-9(10)13(16)17)18-12-4-2-1-3-11(12)15/h1-7H,(H3,16,17). The second-order valence-electron chi connectivity index (χ2n) is 3.59. The molecule has 5 heteroatoms. The van der Waals surface area contributed by atoms with Crippen molar-refractivity contribution in [3.63, 3.8) is 0 Å². The third-order valence-electron chi connectivity index (χ3n) is 2.30. The van der Waals surface area contributed by atoms with Gasteiger partial charge in [0.15, 0.2) is 11.6 Å². The predicted molar refractivity (Wildman–Crippen MR) is 71.6 cm³/mol. The number of ether oxygens (including phenoxy) is 1. The Balaban J connectivity index is 2.29. The second-order valence-corrected chi connectivity index (χ2v) is 4.44. The molecule has 0 unspecified atom stereocenters. The molecule has 0 spiro atoms. The third-order valence-corrected chi connectivity index (χ3v) is 2.95. The average molecular weight is 309 g/mol. The van der Waals surface area contributed by atoms with Crippen molar-refractivity contribution in [3.8, 4) is 11.5 Å². The molecule has 3 nitrogen and oxygen atoms in total. The summed E-state index contributed by atoms with van der Waals surface area (Å²) in [5.41, 5.74) is 5.96. The van der Waals surface area contributed by atoms with Crippen molar-refractivity contribution in [1.82, 2.24) is 0 Å². The van der Waals surface area contributed by atoms with Gasteiger partial charge in [-0.2, -0.15) is 0 Å². The van der Waals surface area contributed by atoms with Gasteiger partial charge in [-0.25, -0.2) is 4.39 Å². The van der Waals surface area contributed by atoms with Crippen LogP contribution in [0, 0.1) is 11.2 Å². The quantitative estimate of drug-likeness (QED) is 0.671. The topological polar surface area (TPSA) is 59.1 Å². The number of rotatable bonds is 3. The van der Waals surface area contributed by atoms with Crippen molar-refractivity contribution < 1.29 is 9.13 Å². The van der Waals surface area contributed by atoms with Gasteiger partial charge in [0, 0.05) is 10.0 Å². The summed E-state index contributed by atoms with van der Waals surface area (Å²) in [7, 11) is 0. The van der Waals surface area contributed by atoms with Crippen LogP contribution in [0.3, 0.4) is 0 Å². The van der Waals surface area contributed by atoms with Gasteiger partial charge in [0.1, 0.15) is 11.6 Å². The third kappa shape index (κ3) is 2.68. The van der Waals surface area contributed by atoms with E-state index in [0.717, 1.165) is 0 Å². The summed E-state index contributed by atoms with van der Waals surface area (Å²) in [6.07, 6.45) is 0. The first kappa shape index (κ1) is 12.6. The number of hydrogen-bond donors (Lipinski definition) is 2. The molecule has 3 N–H and O–H groups in total. The Morgan fingerprint density at radius 2 is 1.94 bits per heavy atom. The van der Waals surface area contributed by atoms with Gasteiger partial charge in [-0.3, -0.25) is 5.41 Å². The van der Waals surface area contributed by atoms with E-state index in [9.17, 15) is 4.39 Å². The minimum atomic E-state index is -0.427. The fourth-order valence-electron chi connectivity index (χ4n) is 1.43. The van der Waals surface area contributed by atoms with Crippen LogP contribution in [0.2, 0.25) is 0 Å². The van der Waals surface area contributed by atoms with Gasteiger partial charge in [-0.1, -0.05) is 12.1 Å². The summed E-state index contributed by atoms with van der Waals surface area (Å²) < 4.78 is 19.4. The largest absolute Gasteiger partial charge is 0.454 e. The molecule has 92 valence electrons. The van der Waals surface area contributed by atoms with Crippen LogP contribution >= 0.6 is 15.9 Å². The molecule has 0 aliphatic carbocycles. The van der Waals surface area contributed by atoms with E-state index in [1.807, 2.05) is 0 Å². The summed E-state index contributed by atoms with van der Waals surface area (Å²) >= 11 is 3.29. The lowest BCUT2D eigenvalue weighted by Gasteiger charge is -2.08. The van der Waals surface area contributed by atoms with E-state index in [0.29, 0.717) is 15.8 Å². The van der Waals surface area contributed by atoms with Crippen LogP contribution in [-0.4, -0.2) is 5.84 Å². The highest BCUT2D eigenvalue weighted by molar-refractivity contribution is 9.10. The van der Waals surface area contributed by atoms with Crippen molar-refractivity contribution in [3.05, 3.63) is 58.3 Å². The molecule has 0 atom stereocenters. The molecule has 0 saturated heterocycles. The highest BCUT2D eigenvalue weighted by Crippen LogP contribution is 2.28. The highest BCUT2D eigenvalue weighted by atomic mass is 79.9. The summed E-state index contributed by atoms with van der Waals surface area (Å²) in [6.45, 7) is 0. The molecule has 2 rings (SSSR count). The fraction of sp³-hybridized carbons (Fsp3) is 0. The Morgan fingerprint density at radius 1 is 1.22 bits per heavy atom. The normalized spacial score (nSPS) is 10.1. The summed E-state index contributed by atoms with van der Waals surface area (Å²) in [4.78, 5) is 0. The number of amidine groups is 1. The van der Waals surface area contributed by atoms with Gasteiger partial charge in [0.25, 0.3) is 0 Å². The van der Waals surface area contributed by atoms with E-state index >= 15 is 0 Å². The smallest absolute Gasteiger partial charge is 0.165 e. The molecule has 0 aliphatic rings. The van der Waals surface area contributed by atoms with Crippen LogP contribution in [0.25, 0.3) is 0 Å². The zero-order valence-electron chi connectivity index (χ0n) is 9.28. The Hall–Kier alpha value is -1.88. The van der Waals surface area contributed by atoms with Gasteiger partial charge in [-0.15, -0.1) is 0 Å². The van der Waals surface area contributed by atoms with Gasteiger partial charge in [0.2, 0.25) is 0 Å². The van der Waals surface area contributed by atoms with Crippen LogP contribution in [0.5, 0.6) is 11.5 Å². The van der Waals surface area contributed by atoms with E-state index in [1.165, 1.54) is 6.07 Å². The molecular formula is C13H10BrFN2O. The highest BCUT2D eigenvalue weighted by Gasteiger charge is 2.07. The predicted octanol–water partition coefficient (Wildman–Crippen LogP) is 3.66. The minimum Gasteiger partial charge on any atom is -0.454 e. The van der Waals surface area contributed by atoms with E-state index in [-0.39, 0.29) is 11.6 Å². The first-order valence-electron chi connectivity index (χ1n) is 5.14. The lowest BCUT2D eigenvalue weighted by atomic mass is 10.2. The van der Waals surface area contributed by atoms with E-state index in [1.54, 1.807) is 36.4 Å². The average Bonchev–Trinajstić information content (AvgIpc) is 2.32. The second kappa shape index (κ2) is 5.18. The van der Waals surface area contributed by atoms with Crippen LogP contribution in [0.4, 0.5) is 4.39 Å². The number of nitrogen functional groups attached to an aromatic ring is 1. The minimum absolute atomic E-state index is 0.0423. The molecule has 2 aromatic carbocycles. The summed E-state index contributed by atoms with van der Waals surface area (Å²) in [5, 5.41) is 7.35. The molecular weight excluding hydrogens is 299 g/mol. The molecule has 2 aromatic rings. The van der Waals surface area contributed by atoms with Crippen molar-refractivity contribution in [2.45, 2.75) is 0 Å². The molecule has 0 saturated carbocycles. The first-order valence-corrected chi connectivity index (χ1v) is 5.93. The fourth-order valence-corrected chi connectivity index (χ4v) is 2.00. The maximum atomic E-state index is 13.4. The SMILES string of the molecule is N=C(N)c1ccc(Oc2ccccc2F)cc1Br. The van der Waals surface area contributed by atoms with Crippen LogP contribution < -0.4 is 10.5 Å². The monoisotopic (exact) mass is 308 g/mol. The number of benzene rings is 2. The zero-order valence-corrected chi connectivity index (χ0v) is 10.9. The Morgan fingerprint density at radius 3 is 2.56 bits per heavy atom. The van der Waals surface area contributed by atoms with Crippen molar-refractivity contribution in [1.29, 1.82) is 5.41 Å². The zero-order chi connectivity index (χ0) is 13.1. The Bertz CT molecular complexity index is 601. The molecule has 0 amide bonds. The number of para-hydroxylation sites is 1. The van der Waals surface area contributed by atoms with Crippen molar-refractivity contribution in [2.75, 3.05) is 0 Å². The first-order chi connectivity index (χ1) is 8.58. The lowest BCUT2D eigenvalue weighted by molar-refractivity contribution is 0.442. The molecule has 0 fully saturated rings. The summed E-state index contributed by atoms with van der Waals surface area (Å²) in [5.74, 6) is 0.153. The van der Waals surface area contributed by atoms with Crippen molar-refractivity contribution in [2.24, 2.45) is 5.73 Å². The maximum Gasteiger partial charge on any atom is 0.165 e. The maximum absolute atomic E-state index is 13.4. The van der Waals surface area contributed by atoms with Crippen LogP contribution in [-0.2, 0) is 0 Å². The Labute approximate surface area is 112 Å². The Kier molecular flexibility index (Phi) is 3.62. The van der Waals surface area contributed by atoms with Gasteiger partial charge in [0.05, 0.1) is 0 Å². The van der Waals surface area contributed by atoms with Crippen molar-refractivity contribution >= 4 is 21.8 Å². The van der Waals surface area contributed by atoms with E-state index in [2.05, 4.69) is 15.9 Å². The van der Waals surface area contributed by atoms with Gasteiger partial charge in [-0.05, 0) is 46.3 Å². The molecule has 0 aliphatic heterocycles.